The van der Waals surface area contributed by atoms with Crippen molar-refractivity contribution in [2.45, 2.75) is 19.4 Å². The minimum absolute atomic E-state index is 0.504. The molecule has 0 spiro atoms. The van der Waals surface area contributed by atoms with Gasteiger partial charge in [-0.15, -0.1) is 0 Å². The third-order valence-electron chi connectivity index (χ3n) is 2.09. The summed E-state index contributed by atoms with van der Waals surface area (Å²) in [5.41, 5.74) is 0. The first-order chi connectivity index (χ1) is 6.61. The number of carboxylic acids is 1. The van der Waals surface area contributed by atoms with Gasteiger partial charge in [0.25, 0.3) is 0 Å². The van der Waals surface area contributed by atoms with Gasteiger partial charge in [-0.2, -0.15) is 0 Å². The van der Waals surface area contributed by atoms with Crippen molar-refractivity contribution >= 4 is 5.97 Å². The summed E-state index contributed by atoms with van der Waals surface area (Å²) in [4.78, 5) is 14.6. The second-order valence-corrected chi connectivity index (χ2v) is 3.22. The van der Waals surface area contributed by atoms with Crippen LogP contribution in [0.5, 0.6) is 0 Å². The summed E-state index contributed by atoms with van der Waals surface area (Å²) >= 11 is 0. The molecule has 5 heteroatoms. The topological polar surface area (TPSA) is 67.2 Å². The summed E-state index contributed by atoms with van der Waals surface area (Å²) in [6, 6.07) is -0.504. The molecule has 0 saturated heterocycles. The molecule has 14 heavy (non-hydrogen) atoms. The van der Waals surface area contributed by atoms with Crippen molar-refractivity contribution in [1.82, 2.24) is 14.9 Å². The van der Waals surface area contributed by atoms with Crippen LogP contribution in [0.15, 0.2) is 12.4 Å². The van der Waals surface area contributed by atoms with Gasteiger partial charge in [-0.3, -0.25) is 4.79 Å². The number of carboxylic acid groups (broad SMARTS) is 1. The number of hydrogen-bond donors (Lipinski definition) is 2. The zero-order chi connectivity index (χ0) is 10.6. The second kappa shape index (κ2) is 4.76. The fourth-order valence-corrected chi connectivity index (χ4v) is 1.13. The average Bonchev–Trinajstić information content (AvgIpc) is 2.51. The molecule has 0 aliphatic rings. The van der Waals surface area contributed by atoms with Crippen molar-refractivity contribution in [3.05, 3.63) is 18.2 Å². The van der Waals surface area contributed by atoms with Gasteiger partial charge in [0.05, 0.1) is 0 Å². The van der Waals surface area contributed by atoms with E-state index in [1.807, 2.05) is 17.8 Å². The van der Waals surface area contributed by atoms with E-state index in [0.717, 1.165) is 12.2 Å². The Balaban J connectivity index is 2.29. The minimum Gasteiger partial charge on any atom is -0.480 e. The third kappa shape index (κ3) is 2.85. The van der Waals surface area contributed by atoms with Crippen molar-refractivity contribution in [3.63, 3.8) is 0 Å². The van der Waals surface area contributed by atoms with E-state index in [0.29, 0.717) is 6.54 Å². The number of imidazole rings is 1. The molecular formula is C9H15N3O2. The third-order valence-corrected chi connectivity index (χ3v) is 2.09. The Bertz CT molecular complexity index is 309. The van der Waals surface area contributed by atoms with Gasteiger partial charge in [0.15, 0.2) is 0 Å². The van der Waals surface area contributed by atoms with Crippen molar-refractivity contribution in [2.75, 3.05) is 6.54 Å². The number of aliphatic carboxylic acids is 1. The molecule has 1 heterocycles. The zero-order valence-corrected chi connectivity index (χ0v) is 8.40. The van der Waals surface area contributed by atoms with Crippen LogP contribution >= 0.6 is 0 Å². The lowest BCUT2D eigenvalue weighted by atomic mass is 10.3. The molecule has 1 aromatic heterocycles. The van der Waals surface area contributed by atoms with Gasteiger partial charge >= 0.3 is 5.97 Å². The van der Waals surface area contributed by atoms with Crippen LogP contribution in [0.4, 0.5) is 0 Å². The van der Waals surface area contributed by atoms with Crippen LogP contribution in [0, 0.1) is 0 Å². The molecule has 1 atom stereocenters. The molecule has 0 fully saturated rings. The highest BCUT2D eigenvalue weighted by molar-refractivity contribution is 5.72. The van der Waals surface area contributed by atoms with Gasteiger partial charge in [-0.25, -0.2) is 4.98 Å². The van der Waals surface area contributed by atoms with E-state index >= 15 is 0 Å². The molecule has 5 nitrogen and oxygen atoms in total. The summed E-state index contributed by atoms with van der Waals surface area (Å²) in [5, 5.41) is 11.5. The smallest absolute Gasteiger partial charge is 0.320 e. The fraction of sp³-hybridized carbons (Fsp3) is 0.556. The van der Waals surface area contributed by atoms with Crippen LogP contribution in [0.2, 0.25) is 0 Å². The lowest BCUT2D eigenvalue weighted by Crippen LogP contribution is -2.35. The number of hydrogen-bond acceptors (Lipinski definition) is 3. The lowest BCUT2D eigenvalue weighted by Gasteiger charge is -2.08. The van der Waals surface area contributed by atoms with E-state index in [1.165, 1.54) is 0 Å². The van der Waals surface area contributed by atoms with Crippen LogP contribution in [0.3, 0.4) is 0 Å². The van der Waals surface area contributed by atoms with E-state index in [1.54, 1.807) is 13.1 Å². The first-order valence-corrected chi connectivity index (χ1v) is 4.53. The Morgan fingerprint density at radius 2 is 2.50 bits per heavy atom. The molecule has 1 aromatic rings. The number of nitrogens with one attached hydrogen (secondary N) is 1. The molecular weight excluding hydrogens is 182 g/mol. The fourth-order valence-electron chi connectivity index (χ4n) is 1.13. The van der Waals surface area contributed by atoms with Gasteiger partial charge in [-0.05, 0) is 6.92 Å². The van der Waals surface area contributed by atoms with Gasteiger partial charge in [-0.1, -0.05) is 0 Å². The molecule has 0 aliphatic carbocycles. The highest BCUT2D eigenvalue weighted by Gasteiger charge is 2.09. The van der Waals surface area contributed by atoms with E-state index in [4.69, 9.17) is 5.11 Å². The Kier molecular flexibility index (Phi) is 3.64. The minimum atomic E-state index is -0.829. The molecule has 2 N–H and O–H groups in total. The van der Waals surface area contributed by atoms with Crippen molar-refractivity contribution in [1.29, 1.82) is 0 Å². The molecule has 0 aliphatic heterocycles. The highest BCUT2D eigenvalue weighted by Crippen LogP contribution is 1.94. The van der Waals surface area contributed by atoms with E-state index in [2.05, 4.69) is 10.3 Å². The maximum atomic E-state index is 10.5. The second-order valence-electron chi connectivity index (χ2n) is 3.22. The largest absolute Gasteiger partial charge is 0.480 e. The number of rotatable bonds is 5. The van der Waals surface area contributed by atoms with Gasteiger partial charge < -0.3 is 15.0 Å². The normalized spacial score (nSPS) is 12.7. The Hall–Kier alpha value is -1.36. The number of carbonyl (C=O) groups is 1. The van der Waals surface area contributed by atoms with Crippen LogP contribution in [0.1, 0.15) is 12.7 Å². The van der Waals surface area contributed by atoms with Crippen LogP contribution in [0.25, 0.3) is 0 Å². The first-order valence-electron chi connectivity index (χ1n) is 4.53. The zero-order valence-electron chi connectivity index (χ0n) is 8.40. The van der Waals surface area contributed by atoms with E-state index < -0.39 is 12.0 Å². The quantitative estimate of drug-likeness (QED) is 0.698. The molecule has 78 valence electrons. The van der Waals surface area contributed by atoms with Crippen molar-refractivity contribution in [3.8, 4) is 0 Å². The van der Waals surface area contributed by atoms with E-state index in [9.17, 15) is 4.79 Å². The monoisotopic (exact) mass is 197 g/mol. The summed E-state index contributed by atoms with van der Waals surface area (Å²) in [5.74, 6) is 0.125. The van der Waals surface area contributed by atoms with Crippen molar-refractivity contribution in [2.24, 2.45) is 7.05 Å². The first kappa shape index (κ1) is 10.7. The summed E-state index contributed by atoms with van der Waals surface area (Å²) in [6.45, 7) is 2.25. The van der Waals surface area contributed by atoms with Gasteiger partial charge in [0, 0.05) is 32.4 Å². The number of aryl methyl sites for hydroxylation is 1. The molecule has 0 aromatic carbocycles. The standard InChI is InChI=1S/C9H15N3O2/c1-7(9(13)14)10-4-3-8-11-5-6-12(8)2/h5-7,10H,3-4H2,1-2H3,(H,13,14). The predicted octanol–water partition coefficient (Wildman–Crippen LogP) is 0.0253. The molecule has 1 rings (SSSR count). The van der Waals surface area contributed by atoms with Gasteiger partial charge in [0.1, 0.15) is 11.9 Å². The summed E-state index contributed by atoms with van der Waals surface area (Å²) in [6.07, 6.45) is 4.34. The SMILES string of the molecule is CC(NCCc1nccn1C)C(=O)O. The Morgan fingerprint density at radius 1 is 1.79 bits per heavy atom. The molecule has 0 saturated carbocycles. The molecule has 0 radical (unpaired) electrons. The maximum absolute atomic E-state index is 10.5. The van der Waals surface area contributed by atoms with Crippen LogP contribution < -0.4 is 5.32 Å². The Labute approximate surface area is 82.8 Å². The summed E-state index contributed by atoms with van der Waals surface area (Å²) < 4.78 is 1.92. The van der Waals surface area contributed by atoms with Crippen LogP contribution in [-0.4, -0.2) is 33.2 Å². The average molecular weight is 197 g/mol. The summed E-state index contributed by atoms with van der Waals surface area (Å²) in [7, 11) is 1.92. The van der Waals surface area contributed by atoms with Gasteiger partial charge in [0.2, 0.25) is 0 Å². The van der Waals surface area contributed by atoms with Crippen molar-refractivity contribution < 1.29 is 9.90 Å². The van der Waals surface area contributed by atoms with E-state index in [-0.39, 0.29) is 0 Å². The highest BCUT2D eigenvalue weighted by atomic mass is 16.4. The van der Waals surface area contributed by atoms with Crippen LogP contribution in [-0.2, 0) is 18.3 Å². The number of nitrogens with zero attached hydrogens (tertiary/aromatic N) is 2. The molecule has 0 amide bonds. The lowest BCUT2D eigenvalue weighted by molar-refractivity contribution is -0.138. The maximum Gasteiger partial charge on any atom is 0.320 e. The Morgan fingerprint density at radius 3 is 3.00 bits per heavy atom. The predicted molar refractivity (Wildman–Crippen MR) is 52.0 cm³/mol. The molecule has 1 unspecified atom stereocenters. The molecule has 0 bridgehead atoms. The number of aromatic nitrogens is 2.